The molecule has 0 aliphatic heterocycles. The molecule has 0 nitrogen and oxygen atoms in total. The first-order chi connectivity index (χ1) is 5.71. The molecular weight excluding hydrogens is 387 g/mol. The summed E-state index contributed by atoms with van der Waals surface area (Å²) in [6, 6.07) is 0. The molecule has 0 rings (SSSR count). The number of hydrogen-bond donors (Lipinski definition) is 0. The van der Waals surface area contributed by atoms with Gasteiger partial charge in [0.15, 0.2) is 0 Å². The summed E-state index contributed by atoms with van der Waals surface area (Å²) in [5.74, 6) is 1.77. The Morgan fingerprint density at radius 3 is 1.23 bits per heavy atom. The molecule has 0 saturated heterocycles. The molecule has 13 heavy (non-hydrogen) atoms. The van der Waals surface area contributed by atoms with Crippen LogP contribution in [0.15, 0.2) is 0 Å². The Morgan fingerprint density at radius 1 is 0.692 bits per heavy atom. The third-order valence-electron chi connectivity index (χ3n) is 0.637. The third kappa shape index (κ3) is 11.6. The van der Waals surface area contributed by atoms with Gasteiger partial charge >= 0.3 is 82.0 Å². The summed E-state index contributed by atoms with van der Waals surface area (Å²) >= 11 is -2.61. The summed E-state index contributed by atoms with van der Waals surface area (Å²) in [6.07, 6.45) is -9.25. The van der Waals surface area contributed by atoms with Crippen LogP contribution >= 0.6 is 0 Å². The average molecular weight is 387 g/mol. The maximum absolute atomic E-state index is 11.3. The van der Waals surface area contributed by atoms with E-state index in [-0.39, 0.29) is 0 Å². The fourth-order valence-corrected chi connectivity index (χ4v) is 2.92. The Hall–Kier alpha value is -0.365. The van der Waals surface area contributed by atoms with Gasteiger partial charge in [-0.25, -0.2) is 0 Å². The zero-order valence-electron chi connectivity index (χ0n) is 5.97. The van der Waals surface area contributed by atoms with Gasteiger partial charge < -0.3 is 0 Å². The first-order valence-electron chi connectivity index (χ1n) is 2.84. The van der Waals surface area contributed by atoms with Crippen molar-refractivity contribution in [2.75, 3.05) is 0 Å². The fraction of sp³-hybridized carbons (Fsp3) is 0.333. The van der Waals surface area contributed by atoms with Crippen molar-refractivity contribution in [2.24, 2.45) is 0 Å². The topological polar surface area (TPSA) is 0 Å². The summed E-state index contributed by atoms with van der Waals surface area (Å²) < 4.78 is 71.2. The van der Waals surface area contributed by atoms with Crippen LogP contribution in [0.1, 0.15) is 0 Å². The molecule has 0 atom stereocenters. The van der Waals surface area contributed by atoms with Crippen LogP contribution < -0.4 is 0 Å². The minimum atomic E-state index is -4.63. The van der Waals surface area contributed by atoms with E-state index in [1.165, 1.54) is 0 Å². The van der Waals surface area contributed by atoms with E-state index in [2.05, 4.69) is 0 Å². The molecule has 0 amide bonds. The number of halogens is 6. The Bertz CT molecular complexity index is 247. The summed E-state index contributed by atoms with van der Waals surface area (Å²) in [5, 5.41) is 0. The van der Waals surface area contributed by atoms with Gasteiger partial charge in [-0.2, -0.15) is 0 Å². The third-order valence-corrected chi connectivity index (χ3v) is 3.39. The summed E-state index contributed by atoms with van der Waals surface area (Å²) in [5.41, 5.74) is 0. The van der Waals surface area contributed by atoms with Gasteiger partial charge in [0, 0.05) is 0 Å². The molecule has 0 N–H and O–H groups in total. The van der Waals surface area contributed by atoms with Crippen LogP contribution in [0.2, 0.25) is 0 Å². The second kappa shape index (κ2) is 4.76. The molecule has 0 aromatic carbocycles. The average Bonchev–Trinajstić information content (AvgIpc) is 1.81. The van der Waals surface area contributed by atoms with Crippen molar-refractivity contribution in [1.29, 1.82) is 0 Å². The van der Waals surface area contributed by atoms with Crippen LogP contribution in [0, 0.1) is 18.7 Å². The van der Waals surface area contributed by atoms with Gasteiger partial charge in [-0.15, -0.1) is 0 Å². The molecule has 0 aliphatic rings. The van der Waals surface area contributed by atoms with E-state index in [4.69, 9.17) is 0 Å². The fourth-order valence-electron chi connectivity index (χ4n) is 0.333. The van der Waals surface area contributed by atoms with Crippen LogP contribution in [-0.4, -0.2) is 12.4 Å². The molecule has 0 aliphatic carbocycles. The summed E-state index contributed by atoms with van der Waals surface area (Å²) in [6.45, 7) is 0. The van der Waals surface area contributed by atoms with E-state index >= 15 is 0 Å². The zero-order valence-corrected chi connectivity index (χ0v) is 11.5. The van der Waals surface area contributed by atoms with Crippen LogP contribution in [0.5, 0.6) is 0 Å². The van der Waals surface area contributed by atoms with E-state index in [1.807, 2.05) is 0 Å². The van der Waals surface area contributed by atoms with Gasteiger partial charge in [-0.3, -0.25) is 0 Å². The predicted octanol–water partition coefficient (Wildman–Crippen LogP) is 2.12. The monoisotopic (exact) mass is 388 g/mol. The van der Waals surface area contributed by atoms with Crippen LogP contribution in [0.3, 0.4) is 0 Å². The second-order valence-electron chi connectivity index (χ2n) is 1.78. The molecule has 68 valence electrons. The van der Waals surface area contributed by atoms with Gasteiger partial charge in [0.1, 0.15) is 0 Å². The van der Waals surface area contributed by atoms with Crippen molar-refractivity contribution in [3.05, 3.63) is 0 Å². The van der Waals surface area contributed by atoms with Gasteiger partial charge in [0.25, 0.3) is 0 Å². The minimum absolute atomic E-state index is 0.887. The normalized spacial score (nSPS) is 10.3. The number of alkyl halides is 6. The Labute approximate surface area is 82.1 Å². The molecule has 0 fully saturated rings. The first kappa shape index (κ1) is 12.6. The van der Waals surface area contributed by atoms with E-state index < -0.39 is 36.9 Å². The molecule has 0 spiro atoms. The van der Waals surface area contributed by atoms with Crippen molar-refractivity contribution >= 4 is 0 Å². The quantitative estimate of drug-likeness (QED) is 0.340. The summed E-state index contributed by atoms with van der Waals surface area (Å²) in [7, 11) is 0. The Balaban J connectivity index is 4.03. The molecule has 0 bridgehead atoms. The molecule has 0 aromatic heterocycles. The van der Waals surface area contributed by atoms with E-state index in [9.17, 15) is 26.3 Å². The molecule has 0 unspecified atom stereocenters. The predicted molar refractivity (Wildman–Crippen MR) is 27.7 cm³/mol. The Kier molecular flexibility index (Phi) is 4.62. The van der Waals surface area contributed by atoms with Gasteiger partial charge in [0.2, 0.25) is 0 Å². The second-order valence-corrected chi connectivity index (χ2v) is 5.90. The Morgan fingerprint density at radius 2 is 1.00 bits per heavy atom. The van der Waals surface area contributed by atoms with Crippen LogP contribution in [-0.2, 0) is 24.6 Å². The standard InChI is InChI=1S/2C3F3.Hg/c2*1-2-3(4,5)6;. The van der Waals surface area contributed by atoms with Crippen molar-refractivity contribution in [1.82, 2.24) is 0 Å². The van der Waals surface area contributed by atoms with Crippen LogP contribution in [0.4, 0.5) is 26.3 Å². The molecule has 0 heterocycles. The van der Waals surface area contributed by atoms with E-state index in [0.717, 1.165) is 11.8 Å². The number of rotatable bonds is 0. The molecule has 0 radical (unpaired) electrons. The van der Waals surface area contributed by atoms with Gasteiger partial charge in [0.05, 0.1) is 0 Å². The van der Waals surface area contributed by atoms with Crippen molar-refractivity contribution in [2.45, 2.75) is 12.4 Å². The summed E-state index contributed by atoms with van der Waals surface area (Å²) in [4.78, 5) is 0. The first-order valence-corrected chi connectivity index (χ1v) is 8.34. The molecule has 0 aromatic rings. The van der Waals surface area contributed by atoms with E-state index in [0.29, 0.717) is 0 Å². The SMILES string of the molecule is FC(F)(F)C#[C][Hg][C]#CC(F)(F)F. The van der Waals surface area contributed by atoms with Crippen molar-refractivity contribution in [3.63, 3.8) is 0 Å². The van der Waals surface area contributed by atoms with Gasteiger partial charge in [-0.1, -0.05) is 0 Å². The zero-order chi connectivity index (χ0) is 10.5. The van der Waals surface area contributed by atoms with Crippen molar-refractivity contribution < 1.29 is 50.9 Å². The maximum atomic E-state index is 11.3. The van der Waals surface area contributed by atoms with Crippen molar-refractivity contribution in [3.8, 4) is 18.7 Å². The molecule has 0 saturated carbocycles. The van der Waals surface area contributed by atoms with Crippen LogP contribution in [0.25, 0.3) is 0 Å². The number of hydrogen-bond acceptors (Lipinski definition) is 0. The van der Waals surface area contributed by atoms with E-state index in [1.54, 1.807) is 6.86 Å². The molecular formula is C6F6Hg. The van der Waals surface area contributed by atoms with Gasteiger partial charge in [-0.05, 0) is 0 Å². The molecule has 7 heteroatoms.